The molecule has 0 bridgehead atoms. The second kappa shape index (κ2) is 10.8. The molecule has 0 N–H and O–H groups in total. The van der Waals surface area contributed by atoms with E-state index >= 15 is 0 Å². The molecule has 9 heavy (non-hydrogen) atoms. The molecule has 0 aliphatic heterocycles. The zero-order valence-corrected chi connectivity index (χ0v) is 7.37. The van der Waals surface area contributed by atoms with Crippen molar-refractivity contribution in [1.82, 2.24) is 0 Å². The predicted octanol–water partition coefficient (Wildman–Crippen LogP) is 1.19. The van der Waals surface area contributed by atoms with E-state index in [2.05, 4.69) is 0 Å². The van der Waals surface area contributed by atoms with Crippen molar-refractivity contribution >= 4 is 11.6 Å². The van der Waals surface area contributed by atoms with E-state index in [1.165, 1.54) is 27.7 Å². The van der Waals surface area contributed by atoms with Crippen LogP contribution in [0.3, 0.4) is 0 Å². The van der Waals surface area contributed by atoms with Crippen LogP contribution in [0.2, 0.25) is 0 Å². The number of hydrogen-bond donors (Lipinski definition) is 0. The van der Waals surface area contributed by atoms with Gasteiger partial charge in [-0.3, -0.25) is 0 Å². The van der Waals surface area contributed by atoms with Crippen LogP contribution in [0.5, 0.6) is 0 Å². The van der Waals surface area contributed by atoms with Gasteiger partial charge in [0.2, 0.25) is 0 Å². The topological polar surface area (TPSA) is 34.1 Å². The Morgan fingerprint density at radius 2 is 0.778 bits per heavy atom. The minimum absolute atomic E-state index is 0. The van der Waals surface area contributed by atoms with Crippen molar-refractivity contribution in [2.75, 3.05) is 0 Å². The van der Waals surface area contributed by atoms with E-state index in [0.717, 1.165) is 0 Å². The van der Waals surface area contributed by atoms with Gasteiger partial charge in [-0.15, -0.1) is 0 Å². The fraction of sp³-hybridized carbons (Fsp3) is 0.667. The van der Waals surface area contributed by atoms with Gasteiger partial charge < -0.3 is 9.59 Å². The van der Waals surface area contributed by atoms with Crippen molar-refractivity contribution in [2.45, 2.75) is 27.7 Å². The van der Waals surface area contributed by atoms with Crippen LogP contribution in [0.25, 0.3) is 0 Å². The summed E-state index contributed by atoms with van der Waals surface area (Å²) in [5, 5.41) is 0. The molecule has 0 aromatic heterocycles. The Labute approximate surface area is 66.5 Å². The van der Waals surface area contributed by atoms with Gasteiger partial charge in [0, 0.05) is 17.1 Å². The first kappa shape index (κ1) is 15.9. The summed E-state index contributed by atoms with van der Waals surface area (Å²) in [5.41, 5.74) is 0. The SMILES string of the molecule is CC(C)=O.CC(C)=O.[Mn]. The molecule has 1 radical (unpaired) electrons. The first-order valence-electron chi connectivity index (χ1n) is 2.41. The average Bonchev–Trinajstić information content (AvgIpc) is 1.25. The van der Waals surface area contributed by atoms with Crippen LogP contribution in [-0.2, 0) is 26.7 Å². The Morgan fingerprint density at radius 1 is 0.778 bits per heavy atom. The summed E-state index contributed by atoms with van der Waals surface area (Å²) >= 11 is 0. The molecule has 0 aliphatic carbocycles. The second-order valence-electron chi connectivity index (χ2n) is 1.82. The Kier molecular flexibility index (Phi) is 19.1. The third kappa shape index (κ3) is 13700. The van der Waals surface area contributed by atoms with E-state index < -0.39 is 0 Å². The van der Waals surface area contributed by atoms with E-state index in [1.54, 1.807) is 0 Å². The number of hydrogen-bond acceptors (Lipinski definition) is 2. The van der Waals surface area contributed by atoms with Crippen molar-refractivity contribution in [3.05, 3.63) is 0 Å². The number of carbonyl (C=O) groups is 2. The molecule has 0 unspecified atom stereocenters. The molecular formula is C6H12MnO2. The molecule has 0 aliphatic rings. The van der Waals surface area contributed by atoms with Crippen molar-refractivity contribution < 1.29 is 26.7 Å². The molecule has 0 aromatic rings. The monoisotopic (exact) mass is 171 g/mol. The maximum absolute atomic E-state index is 9.44. The third-order valence-corrected chi connectivity index (χ3v) is 0. The van der Waals surface area contributed by atoms with Gasteiger partial charge in [0.15, 0.2) is 0 Å². The number of ketones is 2. The first-order chi connectivity index (χ1) is 3.46. The maximum Gasteiger partial charge on any atom is 0.126 e. The van der Waals surface area contributed by atoms with E-state index in [4.69, 9.17) is 0 Å². The fourth-order valence-electron chi connectivity index (χ4n) is 0. The zero-order valence-electron chi connectivity index (χ0n) is 6.19. The molecule has 0 rings (SSSR count). The molecule has 0 spiro atoms. The summed E-state index contributed by atoms with van der Waals surface area (Å²) in [6, 6.07) is 0. The molecule has 0 fully saturated rings. The van der Waals surface area contributed by atoms with Gasteiger partial charge in [0.05, 0.1) is 0 Å². The standard InChI is InChI=1S/2C3H6O.Mn/c2*1-3(2)4;/h2*1-2H3;. The quantitative estimate of drug-likeness (QED) is 0.513. The summed E-state index contributed by atoms with van der Waals surface area (Å²) in [6.07, 6.45) is 0. The maximum atomic E-state index is 9.44. The third-order valence-electron chi connectivity index (χ3n) is 0. The van der Waals surface area contributed by atoms with Gasteiger partial charge in [-0.2, -0.15) is 0 Å². The second-order valence-corrected chi connectivity index (χ2v) is 1.82. The number of rotatable bonds is 0. The first-order valence-corrected chi connectivity index (χ1v) is 2.41. The van der Waals surface area contributed by atoms with Gasteiger partial charge in [-0.25, -0.2) is 0 Å². The number of carbonyl (C=O) groups excluding carboxylic acids is 2. The molecule has 0 aromatic carbocycles. The largest absolute Gasteiger partial charge is 0.300 e. The normalized spacial score (nSPS) is 5.78. The van der Waals surface area contributed by atoms with Crippen LogP contribution in [0, 0.1) is 0 Å². The van der Waals surface area contributed by atoms with E-state index in [-0.39, 0.29) is 28.6 Å². The molecule has 0 amide bonds. The molecule has 0 saturated heterocycles. The Bertz CT molecular complexity index is 69.1. The summed E-state index contributed by atoms with van der Waals surface area (Å²) in [6.45, 7) is 6.11. The van der Waals surface area contributed by atoms with Gasteiger partial charge in [0.25, 0.3) is 0 Å². The molecule has 55 valence electrons. The minimum atomic E-state index is 0. The van der Waals surface area contributed by atoms with Gasteiger partial charge >= 0.3 is 0 Å². The summed E-state index contributed by atoms with van der Waals surface area (Å²) < 4.78 is 0. The Balaban J connectivity index is -0.0000000720. The minimum Gasteiger partial charge on any atom is -0.300 e. The Hall–Kier alpha value is -0.141. The molecule has 0 heterocycles. The van der Waals surface area contributed by atoms with Crippen molar-refractivity contribution in [3.63, 3.8) is 0 Å². The van der Waals surface area contributed by atoms with Crippen LogP contribution < -0.4 is 0 Å². The summed E-state index contributed by atoms with van der Waals surface area (Å²) in [4.78, 5) is 18.9. The van der Waals surface area contributed by atoms with Crippen LogP contribution in [0.1, 0.15) is 27.7 Å². The molecule has 0 atom stereocenters. The van der Waals surface area contributed by atoms with Crippen LogP contribution in [0.15, 0.2) is 0 Å². The summed E-state index contributed by atoms with van der Waals surface area (Å²) in [7, 11) is 0. The Morgan fingerprint density at radius 3 is 0.778 bits per heavy atom. The van der Waals surface area contributed by atoms with E-state index in [9.17, 15) is 9.59 Å². The van der Waals surface area contributed by atoms with Crippen LogP contribution in [-0.4, -0.2) is 11.6 Å². The average molecular weight is 171 g/mol. The van der Waals surface area contributed by atoms with Crippen LogP contribution >= 0.6 is 0 Å². The van der Waals surface area contributed by atoms with Gasteiger partial charge in [-0.1, -0.05) is 0 Å². The smallest absolute Gasteiger partial charge is 0.126 e. The molecule has 2 nitrogen and oxygen atoms in total. The van der Waals surface area contributed by atoms with Gasteiger partial charge in [-0.05, 0) is 27.7 Å². The zero-order chi connectivity index (χ0) is 7.15. The predicted molar refractivity (Wildman–Crippen MR) is 32.7 cm³/mol. The number of Topliss-reactive ketones (excluding diaryl/α,β-unsaturated/α-hetero) is 2. The molecule has 0 saturated carbocycles. The van der Waals surface area contributed by atoms with Crippen molar-refractivity contribution in [3.8, 4) is 0 Å². The van der Waals surface area contributed by atoms with E-state index in [1.807, 2.05) is 0 Å². The summed E-state index contributed by atoms with van der Waals surface area (Å²) in [5.74, 6) is 0.333. The van der Waals surface area contributed by atoms with Crippen molar-refractivity contribution in [1.29, 1.82) is 0 Å². The molecule has 3 heteroatoms. The fourth-order valence-corrected chi connectivity index (χ4v) is 0. The van der Waals surface area contributed by atoms with Crippen molar-refractivity contribution in [2.24, 2.45) is 0 Å². The molecular weight excluding hydrogens is 159 g/mol. The van der Waals surface area contributed by atoms with E-state index in [0.29, 0.717) is 0 Å². The van der Waals surface area contributed by atoms with Crippen LogP contribution in [0.4, 0.5) is 0 Å². The van der Waals surface area contributed by atoms with Gasteiger partial charge in [0.1, 0.15) is 11.6 Å².